The van der Waals surface area contributed by atoms with Crippen molar-refractivity contribution < 1.29 is 0 Å². The van der Waals surface area contributed by atoms with Crippen LogP contribution in [0.5, 0.6) is 0 Å². The maximum Gasteiger partial charge on any atom is 0.0746 e. The second-order valence-electron chi connectivity index (χ2n) is 4.62. The molecule has 1 saturated heterocycles. The summed E-state index contributed by atoms with van der Waals surface area (Å²) in [6.07, 6.45) is 3.83. The van der Waals surface area contributed by atoms with E-state index in [1.165, 1.54) is 37.1 Å². The average Bonchev–Trinajstić information content (AvgIpc) is 2.87. The van der Waals surface area contributed by atoms with Crippen LogP contribution in [-0.4, -0.2) is 24.0 Å². The molecule has 1 aliphatic carbocycles. The van der Waals surface area contributed by atoms with Crippen molar-refractivity contribution in [3.63, 3.8) is 0 Å². The van der Waals surface area contributed by atoms with E-state index in [4.69, 9.17) is 11.6 Å². The Bertz CT molecular complexity index is 357. The number of hydrogen-bond acceptors (Lipinski definition) is 1. The first kappa shape index (κ1) is 9.68. The van der Waals surface area contributed by atoms with E-state index in [-0.39, 0.29) is 5.38 Å². The standard InChI is InChI=1S/C13H16ClN/c14-13-11-6-2-1-5-10(11)9-12(13)15-7-3-4-8-15/h1-2,5-6,12-13H,3-4,7-9H2. The van der Waals surface area contributed by atoms with Crippen molar-refractivity contribution in [3.8, 4) is 0 Å². The van der Waals surface area contributed by atoms with Crippen LogP contribution >= 0.6 is 11.6 Å². The number of fused-ring (bicyclic) bond motifs is 1. The number of likely N-dealkylation sites (tertiary alicyclic amines) is 1. The molecule has 1 aliphatic heterocycles. The SMILES string of the molecule is ClC1c2ccccc2CC1N1CCCC1. The van der Waals surface area contributed by atoms with Crippen molar-refractivity contribution in [2.75, 3.05) is 13.1 Å². The third-order valence-corrected chi connectivity index (χ3v) is 4.25. The van der Waals surface area contributed by atoms with Crippen LogP contribution in [0.3, 0.4) is 0 Å². The summed E-state index contributed by atoms with van der Waals surface area (Å²) in [5.74, 6) is 0. The van der Waals surface area contributed by atoms with Crippen molar-refractivity contribution in [2.24, 2.45) is 0 Å². The fourth-order valence-electron chi connectivity index (χ4n) is 2.91. The molecule has 1 fully saturated rings. The van der Waals surface area contributed by atoms with Gasteiger partial charge in [0.2, 0.25) is 0 Å². The fourth-order valence-corrected chi connectivity index (χ4v) is 3.37. The second-order valence-corrected chi connectivity index (χ2v) is 5.09. The summed E-state index contributed by atoms with van der Waals surface area (Å²) in [5.41, 5.74) is 2.81. The van der Waals surface area contributed by atoms with Gasteiger partial charge in [0.05, 0.1) is 5.38 Å². The zero-order chi connectivity index (χ0) is 10.3. The molecule has 1 nitrogen and oxygen atoms in total. The van der Waals surface area contributed by atoms with E-state index in [1.807, 2.05) is 0 Å². The Morgan fingerprint density at radius 1 is 1.13 bits per heavy atom. The normalized spacial score (nSPS) is 30.7. The third kappa shape index (κ3) is 1.58. The minimum Gasteiger partial charge on any atom is -0.298 e. The van der Waals surface area contributed by atoms with Crippen molar-refractivity contribution in [1.82, 2.24) is 4.90 Å². The van der Waals surface area contributed by atoms with Crippen molar-refractivity contribution in [3.05, 3.63) is 35.4 Å². The number of hydrogen-bond donors (Lipinski definition) is 0. The largest absolute Gasteiger partial charge is 0.298 e. The third-order valence-electron chi connectivity index (χ3n) is 3.73. The molecule has 0 spiro atoms. The quantitative estimate of drug-likeness (QED) is 0.659. The number of halogens is 1. The molecule has 1 heterocycles. The Hall–Kier alpha value is -0.530. The summed E-state index contributed by atoms with van der Waals surface area (Å²) in [7, 11) is 0. The van der Waals surface area contributed by atoms with Gasteiger partial charge in [-0.3, -0.25) is 4.90 Å². The molecule has 0 radical (unpaired) electrons. The van der Waals surface area contributed by atoms with Gasteiger partial charge in [-0.1, -0.05) is 24.3 Å². The Morgan fingerprint density at radius 2 is 1.87 bits per heavy atom. The number of nitrogens with zero attached hydrogens (tertiary/aromatic N) is 1. The minimum atomic E-state index is 0.208. The van der Waals surface area contributed by atoms with Gasteiger partial charge in [0.15, 0.2) is 0 Å². The molecule has 0 bridgehead atoms. The van der Waals surface area contributed by atoms with E-state index in [1.54, 1.807) is 0 Å². The zero-order valence-electron chi connectivity index (χ0n) is 8.82. The Morgan fingerprint density at radius 3 is 2.60 bits per heavy atom. The molecule has 2 unspecified atom stereocenters. The van der Waals surface area contributed by atoms with Crippen molar-refractivity contribution in [2.45, 2.75) is 30.7 Å². The molecule has 2 heteroatoms. The molecule has 0 aromatic heterocycles. The lowest BCUT2D eigenvalue weighted by Gasteiger charge is -2.25. The van der Waals surface area contributed by atoms with Gasteiger partial charge in [-0.25, -0.2) is 0 Å². The highest BCUT2D eigenvalue weighted by atomic mass is 35.5. The highest BCUT2D eigenvalue weighted by Crippen LogP contribution is 2.39. The smallest absolute Gasteiger partial charge is 0.0746 e. The highest BCUT2D eigenvalue weighted by Gasteiger charge is 2.35. The van der Waals surface area contributed by atoms with E-state index in [0.29, 0.717) is 6.04 Å². The van der Waals surface area contributed by atoms with Crippen LogP contribution in [0, 0.1) is 0 Å². The molecule has 3 rings (SSSR count). The van der Waals surface area contributed by atoms with Crippen molar-refractivity contribution in [1.29, 1.82) is 0 Å². The number of alkyl halides is 1. The fraction of sp³-hybridized carbons (Fsp3) is 0.538. The first-order valence-corrected chi connectivity index (χ1v) is 6.26. The van der Waals surface area contributed by atoms with E-state index in [9.17, 15) is 0 Å². The van der Waals surface area contributed by atoms with E-state index < -0.39 is 0 Å². The van der Waals surface area contributed by atoms with Crippen molar-refractivity contribution >= 4 is 11.6 Å². The van der Waals surface area contributed by atoms with Gasteiger partial charge < -0.3 is 0 Å². The summed E-state index contributed by atoms with van der Waals surface area (Å²) < 4.78 is 0. The van der Waals surface area contributed by atoms with Gasteiger partial charge >= 0.3 is 0 Å². The van der Waals surface area contributed by atoms with Crippen LogP contribution < -0.4 is 0 Å². The van der Waals surface area contributed by atoms with Crippen LogP contribution in [0.1, 0.15) is 29.3 Å². The second kappa shape index (κ2) is 3.80. The molecule has 1 aromatic rings. The molecule has 80 valence electrons. The van der Waals surface area contributed by atoms with Crippen LogP contribution in [-0.2, 0) is 6.42 Å². The summed E-state index contributed by atoms with van der Waals surface area (Å²) in [6, 6.07) is 9.17. The van der Waals surface area contributed by atoms with Gasteiger partial charge in [-0.15, -0.1) is 11.6 Å². The summed E-state index contributed by atoms with van der Waals surface area (Å²) in [5, 5.41) is 0.208. The minimum absolute atomic E-state index is 0.208. The molecular formula is C13H16ClN. The maximum atomic E-state index is 6.55. The maximum absolute atomic E-state index is 6.55. The predicted molar refractivity (Wildman–Crippen MR) is 63.3 cm³/mol. The Balaban J connectivity index is 1.86. The topological polar surface area (TPSA) is 3.24 Å². The first-order valence-electron chi connectivity index (χ1n) is 5.82. The average molecular weight is 222 g/mol. The zero-order valence-corrected chi connectivity index (χ0v) is 9.58. The molecule has 1 aromatic carbocycles. The van der Waals surface area contributed by atoms with Crippen LogP contribution in [0.15, 0.2) is 24.3 Å². The van der Waals surface area contributed by atoms with Gasteiger partial charge in [0.25, 0.3) is 0 Å². The molecule has 0 amide bonds. The summed E-state index contributed by atoms with van der Waals surface area (Å²) in [4.78, 5) is 2.57. The van der Waals surface area contributed by atoms with E-state index in [2.05, 4.69) is 29.2 Å². The molecule has 0 N–H and O–H groups in total. The van der Waals surface area contributed by atoms with Gasteiger partial charge in [0, 0.05) is 6.04 Å². The van der Waals surface area contributed by atoms with E-state index in [0.717, 1.165) is 6.42 Å². The molecule has 2 aliphatic rings. The van der Waals surface area contributed by atoms with Gasteiger partial charge in [0.1, 0.15) is 0 Å². The number of benzene rings is 1. The highest BCUT2D eigenvalue weighted by molar-refractivity contribution is 6.21. The Kier molecular flexibility index (Phi) is 2.45. The molecule has 0 saturated carbocycles. The van der Waals surface area contributed by atoms with Crippen LogP contribution in [0.4, 0.5) is 0 Å². The molecular weight excluding hydrogens is 206 g/mol. The molecule has 15 heavy (non-hydrogen) atoms. The van der Waals surface area contributed by atoms with E-state index >= 15 is 0 Å². The van der Waals surface area contributed by atoms with Crippen LogP contribution in [0.25, 0.3) is 0 Å². The first-order chi connectivity index (χ1) is 7.36. The molecule has 2 atom stereocenters. The van der Waals surface area contributed by atoms with Crippen LogP contribution in [0.2, 0.25) is 0 Å². The lowest BCUT2D eigenvalue weighted by Crippen LogP contribution is -2.34. The summed E-state index contributed by atoms with van der Waals surface area (Å²) >= 11 is 6.55. The lowest BCUT2D eigenvalue weighted by atomic mass is 10.1. The monoisotopic (exact) mass is 221 g/mol. The number of rotatable bonds is 1. The lowest BCUT2D eigenvalue weighted by molar-refractivity contribution is 0.245. The predicted octanol–water partition coefficient (Wildman–Crippen LogP) is 2.99. The summed E-state index contributed by atoms with van der Waals surface area (Å²) in [6.45, 7) is 2.48. The van der Waals surface area contributed by atoms with Gasteiger partial charge in [-0.2, -0.15) is 0 Å². The Labute approximate surface area is 96.0 Å². The van der Waals surface area contributed by atoms with Gasteiger partial charge in [-0.05, 0) is 43.5 Å².